The van der Waals surface area contributed by atoms with Crippen molar-refractivity contribution in [1.29, 1.82) is 0 Å². The summed E-state index contributed by atoms with van der Waals surface area (Å²) in [7, 11) is 0. The summed E-state index contributed by atoms with van der Waals surface area (Å²) in [4.78, 5) is 27.4. The van der Waals surface area contributed by atoms with Crippen LogP contribution in [-0.2, 0) is 11.3 Å². The monoisotopic (exact) mass is 464 g/mol. The molecule has 0 aliphatic rings. The molecule has 0 saturated heterocycles. The van der Waals surface area contributed by atoms with E-state index in [1.54, 1.807) is 30.3 Å². The molecule has 0 heterocycles. The summed E-state index contributed by atoms with van der Waals surface area (Å²) in [6, 6.07) is 13.4. The van der Waals surface area contributed by atoms with Crippen LogP contribution in [0.15, 0.2) is 59.6 Å². The van der Waals surface area contributed by atoms with E-state index in [9.17, 15) is 31.5 Å². The number of hydrogen-bond acceptors (Lipinski definition) is 4. The zero-order valence-corrected chi connectivity index (χ0v) is 16.5. The van der Waals surface area contributed by atoms with Gasteiger partial charge in [0, 0.05) is 5.56 Å². The van der Waals surface area contributed by atoms with E-state index in [0.717, 1.165) is 17.7 Å². The number of amides is 1. The molecule has 0 fully saturated rings. The minimum absolute atomic E-state index is 0.0288. The Labute approximate surface area is 183 Å². The van der Waals surface area contributed by atoms with Crippen LogP contribution >= 0.6 is 0 Å². The second-order valence-corrected chi connectivity index (χ2v) is 6.40. The van der Waals surface area contributed by atoms with E-state index in [1.807, 2.05) is 0 Å². The number of nitrogens with two attached hydrogens (primary N) is 1. The number of amidine groups is 1. The van der Waals surface area contributed by atoms with Crippen molar-refractivity contribution in [2.75, 3.05) is 0 Å². The zero-order valence-electron chi connectivity index (χ0n) is 16.5. The Balaban J connectivity index is 1.69. The number of carbonyl (C=O) groups is 2. The first-order valence-corrected chi connectivity index (χ1v) is 9.08. The lowest BCUT2D eigenvalue weighted by atomic mass is 10.1. The standard InChI is InChI=1S/C22H13F5N2O4/c23-14-15(24)17(26)19(18(27)16(14)25)33-21(30)13-8-6-12(7-9-13)20(28)29-22(31)32-10-11-4-2-1-3-5-11/h1-9H,10H2,(H2,28,29,31). The van der Waals surface area contributed by atoms with Gasteiger partial charge in [0.2, 0.25) is 34.8 Å². The molecular formula is C22H13F5N2O4. The molecule has 3 rings (SSSR count). The largest absolute Gasteiger partial charge is 0.443 e. The van der Waals surface area contributed by atoms with Gasteiger partial charge in [0.1, 0.15) is 12.4 Å². The molecule has 3 aromatic rings. The fraction of sp³-hybridized carbons (Fsp3) is 0.0455. The number of carbonyl (C=O) groups excluding carboxylic acids is 2. The predicted octanol–water partition coefficient (Wildman–Crippen LogP) is 4.64. The van der Waals surface area contributed by atoms with Gasteiger partial charge in [0.25, 0.3) is 0 Å². The van der Waals surface area contributed by atoms with Crippen molar-refractivity contribution in [3.05, 3.63) is 100 Å². The highest BCUT2D eigenvalue weighted by molar-refractivity contribution is 6.03. The lowest BCUT2D eigenvalue weighted by Gasteiger charge is -2.09. The van der Waals surface area contributed by atoms with Crippen LogP contribution in [0.2, 0.25) is 0 Å². The molecule has 33 heavy (non-hydrogen) atoms. The van der Waals surface area contributed by atoms with Gasteiger partial charge in [-0.2, -0.15) is 13.8 Å². The molecular weight excluding hydrogens is 451 g/mol. The first-order chi connectivity index (χ1) is 15.7. The molecule has 0 spiro atoms. The zero-order chi connectivity index (χ0) is 24.1. The minimum Gasteiger partial charge on any atom is -0.443 e. The summed E-state index contributed by atoms with van der Waals surface area (Å²) in [6.45, 7) is -0.0288. The van der Waals surface area contributed by atoms with Crippen LogP contribution in [0.5, 0.6) is 5.75 Å². The number of aliphatic imine (C=N–C) groups is 1. The Morgan fingerprint density at radius 2 is 1.27 bits per heavy atom. The van der Waals surface area contributed by atoms with Crippen molar-refractivity contribution < 1.29 is 41.0 Å². The highest BCUT2D eigenvalue weighted by Gasteiger charge is 2.28. The Hall–Kier alpha value is -4.28. The molecule has 1 amide bonds. The van der Waals surface area contributed by atoms with Gasteiger partial charge in [0.05, 0.1) is 5.56 Å². The van der Waals surface area contributed by atoms with Crippen molar-refractivity contribution >= 4 is 17.9 Å². The Morgan fingerprint density at radius 3 is 1.85 bits per heavy atom. The van der Waals surface area contributed by atoms with Crippen molar-refractivity contribution in [2.45, 2.75) is 6.61 Å². The first-order valence-electron chi connectivity index (χ1n) is 9.08. The number of halogens is 5. The van der Waals surface area contributed by atoms with Gasteiger partial charge >= 0.3 is 12.1 Å². The van der Waals surface area contributed by atoms with E-state index >= 15 is 0 Å². The van der Waals surface area contributed by atoms with Gasteiger partial charge < -0.3 is 15.2 Å². The van der Waals surface area contributed by atoms with Crippen molar-refractivity contribution in [3.8, 4) is 5.75 Å². The van der Waals surface area contributed by atoms with Crippen LogP contribution in [-0.4, -0.2) is 17.9 Å². The molecule has 6 nitrogen and oxygen atoms in total. The van der Waals surface area contributed by atoms with Crippen LogP contribution in [0.4, 0.5) is 26.7 Å². The fourth-order valence-electron chi connectivity index (χ4n) is 2.52. The molecule has 11 heteroatoms. The molecule has 0 aliphatic carbocycles. The van der Waals surface area contributed by atoms with E-state index < -0.39 is 46.9 Å². The van der Waals surface area contributed by atoms with Gasteiger partial charge in [-0.3, -0.25) is 0 Å². The van der Waals surface area contributed by atoms with Crippen LogP contribution in [0.1, 0.15) is 21.5 Å². The third-order valence-electron chi connectivity index (χ3n) is 4.20. The number of benzene rings is 3. The normalized spacial score (nSPS) is 11.2. The lowest BCUT2D eigenvalue weighted by Crippen LogP contribution is -2.17. The van der Waals surface area contributed by atoms with Gasteiger partial charge in [-0.25, -0.2) is 22.8 Å². The average molecular weight is 464 g/mol. The second-order valence-electron chi connectivity index (χ2n) is 6.40. The van der Waals surface area contributed by atoms with Crippen LogP contribution < -0.4 is 10.5 Å². The molecule has 2 N–H and O–H groups in total. The van der Waals surface area contributed by atoms with Gasteiger partial charge in [0.15, 0.2) is 0 Å². The summed E-state index contributed by atoms with van der Waals surface area (Å²) < 4.78 is 76.2. The number of nitrogens with zero attached hydrogens (tertiary/aromatic N) is 1. The number of ether oxygens (including phenoxy) is 2. The maximum absolute atomic E-state index is 13.7. The Bertz CT molecular complexity index is 1200. The van der Waals surface area contributed by atoms with Gasteiger partial charge in [-0.05, 0) is 17.7 Å². The van der Waals surface area contributed by atoms with Gasteiger partial charge in [-0.1, -0.05) is 42.5 Å². The summed E-state index contributed by atoms with van der Waals surface area (Å²) in [6.07, 6.45) is -0.967. The van der Waals surface area contributed by atoms with E-state index in [2.05, 4.69) is 9.73 Å². The average Bonchev–Trinajstić information content (AvgIpc) is 2.83. The Kier molecular flexibility index (Phi) is 7.01. The van der Waals surface area contributed by atoms with E-state index in [4.69, 9.17) is 10.5 Å². The smallest absolute Gasteiger partial charge is 0.435 e. The third-order valence-corrected chi connectivity index (χ3v) is 4.20. The third kappa shape index (κ3) is 5.32. The van der Waals surface area contributed by atoms with Crippen LogP contribution in [0, 0.1) is 29.1 Å². The molecule has 0 atom stereocenters. The quantitative estimate of drug-likeness (QED) is 0.113. The Morgan fingerprint density at radius 1 is 0.758 bits per heavy atom. The highest BCUT2D eigenvalue weighted by Crippen LogP contribution is 2.29. The molecule has 0 unspecified atom stereocenters. The lowest BCUT2D eigenvalue weighted by molar-refractivity contribution is 0.0716. The molecule has 0 bridgehead atoms. The molecule has 170 valence electrons. The topological polar surface area (TPSA) is 91.0 Å². The molecule has 0 saturated carbocycles. The summed E-state index contributed by atoms with van der Waals surface area (Å²) in [5.41, 5.74) is 6.33. The minimum atomic E-state index is -2.38. The predicted molar refractivity (Wildman–Crippen MR) is 105 cm³/mol. The van der Waals surface area contributed by atoms with Crippen molar-refractivity contribution in [3.63, 3.8) is 0 Å². The summed E-state index contributed by atoms with van der Waals surface area (Å²) in [5.74, 6) is -14.9. The number of esters is 1. The summed E-state index contributed by atoms with van der Waals surface area (Å²) in [5, 5.41) is 0. The maximum Gasteiger partial charge on any atom is 0.435 e. The molecule has 0 aromatic heterocycles. The highest BCUT2D eigenvalue weighted by atomic mass is 19.2. The van der Waals surface area contributed by atoms with Crippen molar-refractivity contribution in [1.82, 2.24) is 0 Å². The van der Waals surface area contributed by atoms with Crippen LogP contribution in [0.25, 0.3) is 0 Å². The fourth-order valence-corrected chi connectivity index (χ4v) is 2.52. The number of rotatable bonds is 5. The molecule has 0 radical (unpaired) electrons. The van der Waals surface area contributed by atoms with Crippen molar-refractivity contribution in [2.24, 2.45) is 10.7 Å². The van der Waals surface area contributed by atoms with E-state index in [-0.39, 0.29) is 23.6 Å². The second kappa shape index (κ2) is 9.90. The summed E-state index contributed by atoms with van der Waals surface area (Å²) >= 11 is 0. The number of hydrogen-bond donors (Lipinski definition) is 1. The van der Waals surface area contributed by atoms with E-state index in [0.29, 0.717) is 0 Å². The van der Waals surface area contributed by atoms with E-state index in [1.165, 1.54) is 12.1 Å². The molecule has 3 aromatic carbocycles. The SMILES string of the molecule is NC(=NC(=O)OCc1ccccc1)c1ccc(C(=O)Oc2c(F)c(F)c(F)c(F)c2F)cc1. The molecule has 0 aliphatic heterocycles. The first kappa shape index (κ1) is 23.4. The van der Waals surface area contributed by atoms with Gasteiger partial charge in [-0.15, -0.1) is 0 Å². The maximum atomic E-state index is 13.7. The van der Waals surface area contributed by atoms with Crippen LogP contribution in [0.3, 0.4) is 0 Å².